The average molecular weight is 258 g/mol. The van der Waals surface area contributed by atoms with E-state index < -0.39 is 0 Å². The first-order valence-electron chi connectivity index (χ1n) is 6.79. The van der Waals surface area contributed by atoms with E-state index in [0.29, 0.717) is 11.6 Å². The summed E-state index contributed by atoms with van der Waals surface area (Å²) in [5.41, 5.74) is 1.45. The molecule has 19 heavy (non-hydrogen) atoms. The number of amides is 1. The number of hydrogen-bond donors (Lipinski definition) is 1. The third kappa shape index (κ3) is 2.12. The van der Waals surface area contributed by atoms with Crippen molar-refractivity contribution in [3.63, 3.8) is 0 Å². The van der Waals surface area contributed by atoms with Crippen LogP contribution in [0.3, 0.4) is 0 Å². The maximum atomic E-state index is 12.7. The molecule has 4 heteroatoms. The molecule has 2 heterocycles. The molecule has 1 aliphatic heterocycles. The highest BCUT2D eigenvalue weighted by Crippen LogP contribution is 2.23. The van der Waals surface area contributed by atoms with Gasteiger partial charge in [0, 0.05) is 25.0 Å². The molecule has 0 radical (unpaired) electrons. The predicted molar refractivity (Wildman–Crippen MR) is 74.2 cm³/mol. The van der Waals surface area contributed by atoms with Crippen LogP contribution >= 0.6 is 0 Å². The summed E-state index contributed by atoms with van der Waals surface area (Å²) < 4.78 is 5.47. The van der Waals surface area contributed by atoms with Crippen LogP contribution in [0.25, 0.3) is 11.0 Å². The van der Waals surface area contributed by atoms with E-state index in [1.165, 1.54) is 0 Å². The molecule has 1 N–H and O–H groups in total. The van der Waals surface area contributed by atoms with Crippen molar-refractivity contribution >= 4 is 16.9 Å². The van der Waals surface area contributed by atoms with Crippen LogP contribution in [0.15, 0.2) is 34.9 Å². The Balaban J connectivity index is 1.92. The number of benzene rings is 1. The largest absolute Gasteiger partial charge is 0.463 e. The Hall–Kier alpha value is -1.81. The molecule has 1 saturated heterocycles. The third-order valence-electron chi connectivity index (χ3n) is 3.64. The average Bonchev–Trinajstić information content (AvgIpc) is 2.79. The summed E-state index contributed by atoms with van der Waals surface area (Å²) in [6, 6.07) is 8.00. The molecule has 0 bridgehead atoms. The highest BCUT2D eigenvalue weighted by Gasteiger charge is 2.30. The number of nitrogens with one attached hydrogen (secondary N) is 1. The monoisotopic (exact) mass is 258 g/mol. The number of nitrogens with zero attached hydrogens (tertiary/aromatic N) is 1. The Labute approximate surface area is 112 Å². The lowest BCUT2D eigenvalue weighted by molar-refractivity contribution is 0.0617. The fourth-order valence-corrected chi connectivity index (χ4v) is 2.48. The minimum atomic E-state index is 0.0818. The van der Waals surface area contributed by atoms with Gasteiger partial charge in [-0.3, -0.25) is 4.79 Å². The van der Waals surface area contributed by atoms with E-state index in [1.807, 2.05) is 29.2 Å². The summed E-state index contributed by atoms with van der Waals surface area (Å²) in [7, 11) is 0. The Morgan fingerprint density at radius 1 is 1.42 bits per heavy atom. The van der Waals surface area contributed by atoms with Gasteiger partial charge in [-0.15, -0.1) is 0 Å². The lowest BCUT2D eigenvalue weighted by atomic mass is 10.1. The second-order valence-corrected chi connectivity index (χ2v) is 4.96. The summed E-state index contributed by atoms with van der Waals surface area (Å²) in [6.45, 7) is 4.67. The standard InChI is InChI=1S/C15H18N2O2/c1-2-7-17(11-8-16-9-11)15(18)13-10-19-14-6-4-3-5-12(13)14/h3-6,10-11,16H,2,7-9H2,1H3. The van der Waals surface area contributed by atoms with Gasteiger partial charge in [-0.2, -0.15) is 0 Å². The zero-order chi connectivity index (χ0) is 13.2. The summed E-state index contributed by atoms with van der Waals surface area (Å²) in [5.74, 6) is 0.0818. The molecule has 2 aromatic rings. The number of rotatable bonds is 4. The lowest BCUT2D eigenvalue weighted by Gasteiger charge is -2.38. The lowest BCUT2D eigenvalue weighted by Crippen LogP contribution is -2.59. The zero-order valence-electron chi connectivity index (χ0n) is 11.1. The molecule has 1 amide bonds. The third-order valence-corrected chi connectivity index (χ3v) is 3.64. The van der Waals surface area contributed by atoms with Gasteiger partial charge in [0.05, 0.1) is 11.6 Å². The van der Waals surface area contributed by atoms with Crippen LogP contribution in [0, 0.1) is 0 Å². The van der Waals surface area contributed by atoms with Crippen LogP contribution in [0.5, 0.6) is 0 Å². The van der Waals surface area contributed by atoms with Crippen LogP contribution in [-0.4, -0.2) is 36.5 Å². The Morgan fingerprint density at radius 2 is 2.21 bits per heavy atom. The minimum absolute atomic E-state index is 0.0818. The van der Waals surface area contributed by atoms with Crippen molar-refractivity contribution in [2.75, 3.05) is 19.6 Å². The van der Waals surface area contributed by atoms with Crippen LogP contribution in [-0.2, 0) is 0 Å². The van der Waals surface area contributed by atoms with Crippen LogP contribution in [0.4, 0.5) is 0 Å². The van der Waals surface area contributed by atoms with Crippen molar-refractivity contribution in [3.05, 3.63) is 36.1 Å². The normalized spacial score (nSPS) is 15.4. The second-order valence-electron chi connectivity index (χ2n) is 4.96. The SMILES string of the molecule is CCCN(C(=O)c1coc2ccccc12)C1CNC1. The molecule has 1 fully saturated rings. The first-order chi connectivity index (χ1) is 9.31. The van der Waals surface area contributed by atoms with E-state index in [2.05, 4.69) is 12.2 Å². The summed E-state index contributed by atoms with van der Waals surface area (Å²) in [5, 5.41) is 4.12. The first-order valence-corrected chi connectivity index (χ1v) is 6.79. The maximum absolute atomic E-state index is 12.7. The van der Waals surface area contributed by atoms with Gasteiger partial charge < -0.3 is 14.6 Å². The topological polar surface area (TPSA) is 45.5 Å². The van der Waals surface area contributed by atoms with Gasteiger partial charge in [-0.05, 0) is 12.5 Å². The van der Waals surface area contributed by atoms with Gasteiger partial charge in [-0.25, -0.2) is 0 Å². The highest BCUT2D eigenvalue weighted by molar-refractivity contribution is 6.06. The van der Waals surface area contributed by atoms with Gasteiger partial charge in [0.25, 0.3) is 5.91 Å². The summed E-state index contributed by atoms with van der Waals surface area (Å²) in [6.07, 6.45) is 2.56. The molecule has 0 aliphatic carbocycles. The molecule has 4 nitrogen and oxygen atoms in total. The number of carbonyl (C=O) groups excluding carboxylic acids is 1. The van der Waals surface area contributed by atoms with Gasteiger partial charge in [-0.1, -0.05) is 25.1 Å². The van der Waals surface area contributed by atoms with Crippen molar-refractivity contribution in [1.82, 2.24) is 10.2 Å². The second kappa shape index (κ2) is 5.05. The Morgan fingerprint density at radius 3 is 2.89 bits per heavy atom. The maximum Gasteiger partial charge on any atom is 0.258 e. The molecular formula is C15H18N2O2. The van der Waals surface area contributed by atoms with E-state index in [1.54, 1.807) is 6.26 Å². The van der Waals surface area contributed by atoms with Gasteiger partial charge >= 0.3 is 0 Å². The molecule has 3 rings (SSSR count). The molecule has 1 aromatic heterocycles. The van der Waals surface area contributed by atoms with Crippen molar-refractivity contribution < 1.29 is 9.21 Å². The minimum Gasteiger partial charge on any atom is -0.463 e. The smallest absolute Gasteiger partial charge is 0.258 e. The van der Waals surface area contributed by atoms with Crippen molar-refractivity contribution in [1.29, 1.82) is 0 Å². The number of para-hydroxylation sites is 1. The van der Waals surface area contributed by atoms with E-state index in [4.69, 9.17) is 4.42 Å². The van der Waals surface area contributed by atoms with Gasteiger partial charge in [0.1, 0.15) is 11.8 Å². The van der Waals surface area contributed by atoms with E-state index >= 15 is 0 Å². The quantitative estimate of drug-likeness (QED) is 0.915. The fraction of sp³-hybridized carbons (Fsp3) is 0.400. The van der Waals surface area contributed by atoms with Crippen LogP contribution in [0.1, 0.15) is 23.7 Å². The summed E-state index contributed by atoms with van der Waals surface area (Å²) in [4.78, 5) is 14.6. The number of hydrogen-bond acceptors (Lipinski definition) is 3. The van der Waals surface area contributed by atoms with E-state index in [0.717, 1.165) is 37.0 Å². The molecule has 100 valence electrons. The van der Waals surface area contributed by atoms with Gasteiger partial charge in [0.2, 0.25) is 0 Å². The number of furan rings is 1. The number of carbonyl (C=O) groups is 1. The van der Waals surface area contributed by atoms with E-state index in [9.17, 15) is 4.79 Å². The fourth-order valence-electron chi connectivity index (χ4n) is 2.48. The molecule has 1 aromatic carbocycles. The van der Waals surface area contributed by atoms with E-state index in [-0.39, 0.29) is 5.91 Å². The molecule has 1 aliphatic rings. The molecule has 0 spiro atoms. The zero-order valence-corrected chi connectivity index (χ0v) is 11.1. The van der Waals surface area contributed by atoms with Crippen LogP contribution < -0.4 is 5.32 Å². The predicted octanol–water partition coefficient (Wildman–Crippen LogP) is 2.26. The summed E-state index contributed by atoms with van der Waals surface area (Å²) >= 11 is 0. The van der Waals surface area contributed by atoms with Gasteiger partial charge in [0.15, 0.2) is 0 Å². The number of fused-ring (bicyclic) bond motifs is 1. The van der Waals surface area contributed by atoms with Crippen molar-refractivity contribution in [2.45, 2.75) is 19.4 Å². The molecule has 0 unspecified atom stereocenters. The molecule has 0 atom stereocenters. The molecular weight excluding hydrogens is 240 g/mol. The Kier molecular flexibility index (Phi) is 3.25. The molecule has 0 saturated carbocycles. The first kappa shape index (κ1) is 12.2. The van der Waals surface area contributed by atoms with Crippen molar-refractivity contribution in [3.8, 4) is 0 Å². The van der Waals surface area contributed by atoms with Crippen molar-refractivity contribution in [2.24, 2.45) is 0 Å². The van der Waals surface area contributed by atoms with Crippen LogP contribution in [0.2, 0.25) is 0 Å². The highest BCUT2D eigenvalue weighted by atomic mass is 16.3. The Bertz CT molecular complexity index is 587.